The molecule has 3 aromatic rings. The predicted octanol–water partition coefficient (Wildman–Crippen LogP) is 4.12. The highest BCUT2D eigenvalue weighted by atomic mass is 35.5. The molecule has 0 saturated carbocycles. The number of carbonyl (C=O) groups is 2. The van der Waals surface area contributed by atoms with E-state index in [1.807, 2.05) is 30.3 Å². The summed E-state index contributed by atoms with van der Waals surface area (Å²) >= 11 is 6.20. The summed E-state index contributed by atoms with van der Waals surface area (Å²) in [5, 5.41) is 4.36. The van der Waals surface area contributed by atoms with Crippen molar-refractivity contribution in [3.05, 3.63) is 76.5 Å². The van der Waals surface area contributed by atoms with Crippen LogP contribution in [0.1, 0.15) is 21.7 Å². The Balaban J connectivity index is 1.68. The van der Waals surface area contributed by atoms with Gasteiger partial charge in [0.25, 0.3) is 5.91 Å². The molecule has 7 heteroatoms. The molecule has 6 nitrogen and oxygen atoms in total. The van der Waals surface area contributed by atoms with Crippen LogP contribution in [0, 0.1) is 6.92 Å². The van der Waals surface area contributed by atoms with Crippen molar-refractivity contribution in [2.24, 2.45) is 0 Å². The number of carbonyl (C=O) groups excluding carboxylic acids is 2. The summed E-state index contributed by atoms with van der Waals surface area (Å²) in [4.78, 5) is 26.4. The van der Waals surface area contributed by atoms with Crippen molar-refractivity contribution < 1.29 is 18.8 Å². The zero-order chi connectivity index (χ0) is 20.1. The lowest BCUT2D eigenvalue weighted by Gasteiger charge is -2.17. The molecule has 0 radical (unpaired) electrons. The average Bonchev–Trinajstić information content (AvgIpc) is 3.08. The van der Waals surface area contributed by atoms with Crippen molar-refractivity contribution >= 4 is 23.5 Å². The van der Waals surface area contributed by atoms with E-state index in [0.29, 0.717) is 22.9 Å². The Morgan fingerprint density at radius 2 is 1.79 bits per heavy atom. The predicted molar refractivity (Wildman–Crippen MR) is 105 cm³/mol. The van der Waals surface area contributed by atoms with Gasteiger partial charge in [-0.05, 0) is 18.6 Å². The number of aryl methyl sites for hydroxylation is 1. The summed E-state index contributed by atoms with van der Waals surface area (Å²) in [6.45, 7) is 1.65. The molecule has 1 amide bonds. The lowest BCUT2D eigenvalue weighted by atomic mass is 10.1. The summed E-state index contributed by atoms with van der Waals surface area (Å²) in [7, 11) is 1.66. The monoisotopic (exact) mass is 398 g/mol. The van der Waals surface area contributed by atoms with Crippen molar-refractivity contribution in [1.82, 2.24) is 10.1 Å². The van der Waals surface area contributed by atoms with Gasteiger partial charge >= 0.3 is 5.97 Å². The molecular formula is C21H19ClN2O4. The van der Waals surface area contributed by atoms with Crippen LogP contribution in [-0.2, 0) is 16.1 Å². The van der Waals surface area contributed by atoms with Gasteiger partial charge in [-0.1, -0.05) is 65.3 Å². The molecule has 0 atom stereocenters. The molecule has 0 saturated heterocycles. The van der Waals surface area contributed by atoms with Crippen molar-refractivity contribution in [3.8, 4) is 11.3 Å². The highest BCUT2D eigenvalue weighted by Gasteiger charge is 2.25. The fourth-order valence-corrected chi connectivity index (χ4v) is 2.93. The summed E-state index contributed by atoms with van der Waals surface area (Å²) in [6, 6.07) is 16.5. The third-order valence-electron chi connectivity index (χ3n) is 4.21. The lowest BCUT2D eigenvalue weighted by molar-refractivity contribution is -0.133. The van der Waals surface area contributed by atoms with Crippen LogP contribution in [0.5, 0.6) is 0 Å². The number of hydrogen-bond donors (Lipinski definition) is 0. The van der Waals surface area contributed by atoms with Crippen LogP contribution in [0.15, 0.2) is 59.1 Å². The fraction of sp³-hybridized carbons (Fsp3) is 0.190. The van der Waals surface area contributed by atoms with Gasteiger partial charge in [-0.15, -0.1) is 0 Å². The van der Waals surface area contributed by atoms with E-state index < -0.39 is 5.97 Å². The Hall–Kier alpha value is -3.12. The van der Waals surface area contributed by atoms with Crippen LogP contribution in [-0.4, -0.2) is 35.6 Å². The lowest BCUT2D eigenvalue weighted by Crippen LogP contribution is -2.30. The van der Waals surface area contributed by atoms with Gasteiger partial charge in [0.2, 0.25) is 0 Å². The van der Waals surface area contributed by atoms with E-state index in [1.165, 1.54) is 4.90 Å². The van der Waals surface area contributed by atoms with Crippen LogP contribution in [0.25, 0.3) is 11.3 Å². The van der Waals surface area contributed by atoms with Gasteiger partial charge in [-0.25, -0.2) is 4.79 Å². The van der Waals surface area contributed by atoms with E-state index in [4.69, 9.17) is 20.9 Å². The van der Waals surface area contributed by atoms with E-state index in [1.54, 1.807) is 38.2 Å². The molecule has 28 heavy (non-hydrogen) atoms. The maximum atomic E-state index is 12.6. The Morgan fingerprint density at radius 1 is 1.11 bits per heavy atom. The molecule has 144 valence electrons. The van der Waals surface area contributed by atoms with E-state index in [-0.39, 0.29) is 23.8 Å². The third kappa shape index (κ3) is 4.40. The number of likely N-dealkylation sites (N-methyl/N-ethyl adjacent to an activating group) is 1. The van der Waals surface area contributed by atoms with Gasteiger partial charge in [0.15, 0.2) is 6.61 Å². The number of nitrogens with zero attached hydrogens (tertiary/aromatic N) is 2. The number of halogens is 1. The summed E-state index contributed by atoms with van der Waals surface area (Å²) in [6.07, 6.45) is 0. The topological polar surface area (TPSA) is 72.6 Å². The minimum absolute atomic E-state index is 0.159. The van der Waals surface area contributed by atoms with Gasteiger partial charge in [-0.2, -0.15) is 0 Å². The van der Waals surface area contributed by atoms with Crippen molar-refractivity contribution in [2.75, 3.05) is 13.7 Å². The zero-order valence-corrected chi connectivity index (χ0v) is 16.3. The molecule has 2 aromatic carbocycles. The van der Waals surface area contributed by atoms with Crippen LogP contribution in [0.4, 0.5) is 0 Å². The van der Waals surface area contributed by atoms with Gasteiger partial charge in [0.05, 0.1) is 5.02 Å². The summed E-state index contributed by atoms with van der Waals surface area (Å²) in [5.74, 6) is -0.703. The average molecular weight is 399 g/mol. The largest absolute Gasteiger partial charge is 0.452 e. The van der Waals surface area contributed by atoms with Crippen molar-refractivity contribution in [3.63, 3.8) is 0 Å². The second-order valence-corrected chi connectivity index (χ2v) is 6.66. The Bertz CT molecular complexity index is 985. The first kappa shape index (κ1) is 19.6. The molecule has 0 unspecified atom stereocenters. The Morgan fingerprint density at radius 3 is 2.50 bits per heavy atom. The maximum Gasteiger partial charge on any atom is 0.344 e. The first-order chi connectivity index (χ1) is 13.5. The van der Waals surface area contributed by atoms with Crippen molar-refractivity contribution in [1.29, 1.82) is 0 Å². The first-order valence-corrected chi connectivity index (χ1v) is 9.01. The highest BCUT2D eigenvalue weighted by Crippen LogP contribution is 2.31. The number of esters is 1. The summed E-state index contributed by atoms with van der Waals surface area (Å²) in [5.41, 5.74) is 1.99. The molecule has 1 aromatic heterocycles. The molecule has 0 fully saturated rings. The molecule has 0 N–H and O–H groups in total. The standard InChI is InChI=1S/C21H19ClN2O4/c1-14-19(20(23-28-14)16-10-6-7-11-17(16)22)21(26)27-13-18(25)24(2)12-15-8-4-3-5-9-15/h3-11H,12-13H2,1-2H3. The number of amides is 1. The molecule has 1 heterocycles. The highest BCUT2D eigenvalue weighted by molar-refractivity contribution is 6.33. The molecule has 0 bridgehead atoms. The molecule has 0 aliphatic heterocycles. The minimum Gasteiger partial charge on any atom is -0.452 e. The molecular weight excluding hydrogens is 380 g/mol. The second-order valence-electron chi connectivity index (χ2n) is 6.25. The second kappa shape index (κ2) is 8.71. The number of benzene rings is 2. The van der Waals surface area contributed by atoms with Gasteiger partial charge in [0, 0.05) is 19.2 Å². The van der Waals surface area contributed by atoms with Gasteiger partial charge < -0.3 is 14.2 Å². The van der Waals surface area contributed by atoms with Crippen molar-refractivity contribution in [2.45, 2.75) is 13.5 Å². The van der Waals surface area contributed by atoms with E-state index in [2.05, 4.69) is 5.16 Å². The fourth-order valence-electron chi connectivity index (χ4n) is 2.70. The Kier molecular flexibility index (Phi) is 6.11. The van der Waals surface area contributed by atoms with E-state index >= 15 is 0 Å². The van der Waals surface area contributed by atoms with Crippen LogP contribution < -0.4 is 0 Å². The minimum atomic E-state index is -0.685. The first-order valence-electron chi connectivity index (χ1n) is 8.63. The number of hydrogen-bond acceptors (Lipinski definition) is 5. The number of rotatable bonds is 6. The molecule has 3 rings (SSSR count). The molecule has 0 spiro atoms. The maximum absolute atomic E-state index is 12.6. The van der Waals surface area contributed by atoms with E-state index in [0.717, 1.165) is 5.56 Å². The number of ether oxygens (including phenoxy) is 1. The zero-order valence-electron chi connectivity index (χ0n) is 15.5. The molecule has 0 aliphatic carbocycles. The quantitative estimate of drug-likeness (QED) is 0.584. The smallest absolute Gasteiger partial charge is 0.344 e. The van der Waals surface area contributed by atoms with Crippen LogP contribution in [0.3, 0.4) is 0 Å². The van der Waals surface area contributed by atoms with E-state index in [9.17, 15) is 9.59 Å². The molecule has 0 aliphatic rings. The summed E-state index contributed by atoms with van der Waals surface area (Å²) < 4.78 is 10.4. The van der Waals surface area contributed by atoms with Crippen LogP contribution in [0.2, 0.25) is 5.02 Å². The van der Waals surface area contributed by atoms with Crippen LogP contribution >= 0.6 is 11.6 Å². The normalized spacial score (nSPS) is 10.5. The van der Waals surface area contributed by atoms with Gasteiger partial charge in [-0.3, -0.25) is 4.79 Å². The SMILES string of the molecule is Cc1onc(-c2ccccc2Cl)c1C(=O)OCC(=O)N(C)Cc1ccccc1. The Labute approximate surface area is 167 Å². The van der Waals surface area contributed by atoms with Gasteiger partial charge in [0.1, 0.15) is 17.0 Å². The third-order valence-corrected chi connectivity index (χ3v) is 4.54. The number of aromatic nitrogens is 1.